The third kappa shape index (κ3) is 6.13. The van der Waals surface area contributed by atoms with Crippen molar-refractivity contribution < 1.29 is 9.59 Å². The Balaban J connectivity index is 1.95. The van der Waals surface area contributed by atoms with E-state index in [9.17, 15) is 9.59 Å². The van der Waals surface area contributed by atoms with Crippen molar-refractivity contribution in [3.05, 3.63) is 59.7 Å². The minimum Gasteiger partial charge on any atom is -0.360 e. The van der Waals surface area contributed by atoms with Crippen molar-refractivity contribution in [3.8, 4) is 0 Å². The van der Waals surface area contributed by atoms with Gasteiger partial charge in [-0.1, -0.05) is 35.4 Å². The summed E-state index contributed by atoms with van der Waals surface area (Å²) >= 11 is 0. The number of hydrogen-bond acceptors (Lipinski definition) is 3. The Labute approximate surface area is 162 Å². The zero-order valence-corrected chi connectivity index (χ0v) is 16.8. The van der Waals surface area contributed by atoms with Gasteiger partial charge >= 0.3 is 0 Å². The number of carbonyl (C=O) groups is 2. The topological polar surface area (TPSA) is 52.7 Å². The van der Waals surface area contributed by atoms with E-state index in [0.29, 0.717) is 0 Å². The second kappa shape index (κ2) is 9.21. The molecule has 144 valence electrons. The molecule has 2 rings (SSSR count). The van der Waals surface area contributed by atoms with Crippen LogP contribution in [-0.4, -0.2) is 42.9 Å². The lowest BCUT2D eigenvalue weighted by Crippen LogP contribution is -2.44. The van der Waals surface area contributed by atoms with Gasteiger partial charge in [-0.15, -0.1) is 0 Å². The largest absolute Gasteiger partial charge is 0.360 e. The zero-order chi connectivity index (χ0) is 20.0. The lowest BCUT2D eigenvalue weighted by molar-refractivity contribution is -0.132. The van der Waals surface area contributed by atoms with Crippen molar-refractivity contribution >= 4 is 23.2 Å². The predicted octanol–water partition coefficient (Wildman–Crippen LogP) is 3.62. The van der Waals surface area contributed by atoms with E-state index in [4.69, 9.17) is 0 Å². The van der Waals surface area contributed by atoms with Gasteiger partial charge in [-0.05, 0) is 52.0 Å². The summed E-state index contributed by atoms with van der Waals surface area (Å²) in [6.45, 7) is 8.39. The molecule has 0 unspecified atom stereocenters. The molecule has 0 heterocycles. The molecule has 0 aliphatic rings. The van der Waals surface area contributed by atoms with E-state index < -0.39 is 0 Å². The number of rotatable bonds is 7. The number of carbonyl (C=O) groups excluding carboxylic acids is 2. The highest BCUT2D eigenvalue weighted by Crippen LogP contribution is 2.18. The van der Waals surface area contributed by atoms with Crippen LogP contribution in [0.4, 0.5) is 11.4 Å². The maximum absolute atomic E-state index is 12.6. The molecular formula is C22H29N3O2. The summed E-state index contributed by atoms with van der Waals surface area (Å²) in [6.07, 6.45) is 0. The van der Waals surface area contributed by atoms with Gasteiger partial charge in [0.2, 0.25) is 11.8 Å². The molecule has 0 bridgehead atoms. The lowest BCUT2D eigenvalue weighted by atomic mass is 10.2. The summed E-state index contributed by atoms with van der Waals surface area (Å²) in [6, 6.07) is 15.9. The Morgan fingerprint density at radius 3 is 1.93 bits per heavy atom. The fourth-order valence-corrected chi connectivity index (χ4v) is 2.72. The third-order valence-electron chi connectivity index (χ3n) is 4.44. The predicted molar refractivity (Wildman–Crippen MR) is 111 cm³/mol. The molecule has 2 aromatic rings. The molecule has 27 heavy (non-hydrogen) atoms. The number of nitrogens with zero attached hydrogens (tertiary/aromatic N) is 2. The van der Waals surface area contributed by atoms with Gasteiger partial charge < -0.3 is 15.1 Å². The molecule has 1 N–H and O–H groups in total. The molecule has 0 aromatic heterocycles. The van der Waals surface area contributed by atoms with Crippen molar-refractivity contribution in [2.24, 2.45) is 0 Å². The van der Waals surface area contributed by atoms with Crippen LogP contribution in [0, 0.1) is 13.8 Å². The van der Waals surface area contributed by atoms with Crippen molar-refractivity contribution in [1.29, 1.82) is 0 Å². The number of aryl methyl sites for hydroxylation is 2. The first-order valence-electron chi connectivity index (χ1n) is 9.20. The molecule has 0 atom stereocenters. The van der Waals surface area contributed by atoms with Crippen LogP contribution < -0.4 is 10.2 Å². The second-order valence-electron chi connectivity index (χ2n) is 7.22. The molecule has 5 nitrogen and oxygen atoms in total. The minimum atomic E-state index is -0.207. The van der Waals surface area contributed by atoms with Crippen LogP contribution in [0.1, 0.15) is 25.0 Å². The average molecular weight is 367 g/mol. The van der Waals surface area contributed by atoms with E-state index in [-0.39, 0.29) is 30.9 Å². The van der Waals surface area contributed by atoms with Gasteiger partial charge in [0.25, 0.3) is 0 Å². The van der Waals surface area contributed by atoms with Crippen LogP contribution in [0.15, 0.2) is 48.5 Å². The van der Waals surface area contributed by atoms with E-state index >= 15 is 0 Å². The molecular weight excluding hydrogens is 338 g/mol. The van der Waals surface area contributed by atoms with Crippen LogP contribution in [-0.2, 0) is 9.59 Å². The fourth-order valence-electron chi connectivity index (χ4n) is 2.72. The SMILES string of the molecule is Cc1ccc(NC(=O)CN(C)C(=O)CN(c2ccc(C)cc2)C(C)C)cc1. The van der Waals surface area contributed by atoms with E-state index in [2.05, 4.69) is 19.2 Å². The van der Waals surface area contributed by atoms with Crippen LogP contribution in [0.2, 0.25) is 0 Å². The molecule has 5 heteroatoms. The van der Waals surface area contributed by atoms with Crippen molar-refractivity contribution in [2.45, 2.75) is 33.7 Å². The summed E-state index contributed by atoms with van der Waals surface area (Å²) in [5.41, 5.74) is 4.04. The highest BCUT2D eigenvalue weighted by Gasteiger charge is 2.19. The van der Waals surface area contributed by atoms with Crippen molar-refractivity contribution in [1.82, 2.24) is 4.90 Å². The molecule has 2 aromatic carbocycles. The second-order valence-corrected chi connectivity index (χ2v) is 7.22. The number of benzene rings is 2. The van der Waals surface area contributed by atoms with Gasteiger partial charge in [-0.3, -0.25) is 9.59 Å². The van der Waals surface area contributed by atoms with E-state index in [1.807, 2.05) is 67.3 Å². The Bertz CT molecular complexity index is 767. The summed E-state index contributed by atoms with van der Waals surface area (Å²) in [4.78, 5) is 28.4. The Morgan fingerprint density at radius 1 is 0.889 bits per heavy atom. The zero-order valence-electron chi connectivity index (χ0n) is 16.8. The summed E-state index contributed by atoms with van der Waals surface area (Å²) in [5.74, 6) is -0.301. The van der Waals surface area contributed by atoms with Crippen LogP contribution in [0.25, 0.3) is 0 Å². The van der Waals surface area contributed by atoms with Gasteiger partial charge in [-0.2, -0.15) is 0 Å². The number of anilines is 2. The first-order chi connectivity index (χ1) is 12.8. The molecule has 0 fully saturated rings. The minimum absolute atomic E-state index is 0.0204. The molecule has 0 spiro atoms. The van der Waals surface area contributed by atoms with E-state index in [0.717, 1.165) is 16.9 Å². The monoisotopic (exact) mass is 367 g/mol. The number of amides is 2. The summed E-state index contributed by atoms with van der Waals surface area (Å²) in [5, 5.41) is 2.82. The van der Waals surface area contributed by atoms with Crippen LogP contribution >= 0.6 is 0 Å². The van der Waals surface area contributed by atoms with E-state index in [1.165, 1.54) is 10.5 Å². The smallest absolute Gasteiger partial charge is 0.243 e. The maximum atomic E-state index is 12.6. The van der Waals surface area contributed by atoms with Gasteiger partial charge in [0.05, 0.1) is 13.1 Å². The number of hydrogen-bond donors (Lipinski definition) is 1. The Kier molecular flexibility index (Phi) is 6.99. The number of nitrogens with one attached hydrogen (secondary N) is 1. The molecule has 0 aliphatic carbocycles. The maximum Gasteiger partial charge on any atom is 0.243 e. The molecule has 0 saturated carbocycles. The van der Waals surface area contributed by atoms with Crippen LogP contribution in [0.3, 0.4) is 0 Å². The third-order valence-corrected chi connectivity index (χ3v) is 4.44. The Hall–Kier alpha value is -2.82. The molecule has 0 radical (unpaired) electrons. The number of likely N-dealkylation sites (N-methyl/N-ethyl adjacent to an activating group) is 1. The summed E-state index contributed by atoms with van der Waals surface area (Å²) < 4.78 is 0. The van der Waals surface area contributed by atoms with Crippen molar-refractivity contribution in [2.75, 3.05) is 30.4 Å². The highest BCUT2D eigenvalue weighted by atomic mass is 16.2. The fraction of sp³-hybridized carbons (Fsp3) is 0.364. The standard InChI is InChI=1S/C22H29N3O2/c1-16(2)25(20-12-8-18(4)9-13-20)15-22(27)24(5)14-21(26)23-19-10-6-17(3)7-11-19/h6-13,16H,14-15H2,1-5H3,(H,23,26). The average Bonchev–Trinajstić information content (AvgIpc) is 2.62. The first-order valence-corrected chi connectivity index (χ1v) is 9.20. The lowest BCUT2D eigenvalue weighted by Gasteiger charge is -2.30. The van der Waals surface area contributed by atoms with E-state index in [1.54, 1.807) is 7.05 Å². The van der Waals surface area contributed by atoms with Gasteiger partial charge in [0.1, 0.15) is 0 Å². The van der Waals surface area contributed by atoms with Gasteiger partial charge in [0.15, 0.2) is 0 Å². The Morgan fingerprint density at radius 2 is 1.41 bits per heavy atom. The van der Waals surface area contributed by atoms with Gasteiger partial charge in [-0.25, -0.2) is 0 Å². The molecule has 0 aliphatic heterocycles. The quantitative estimate of drug-likeness (QED) is 0.813. The highest BCUT2D eigenvalue weighted by molar-refractivity contribution is 5.95. The first kappa shape index (κ1) is 20.5. The van der Waals surface area contributed by atoms with Crippen LogP contribution in [0.5, 0.6) is 0 Å². The summed E-state index contributed by atoms with van der Waals surface area (Å²) in [7, 11) is 1.66. The van der Waals surface area contributed by atoms with Gasteiger partial charge in [0, 0.05) is 24.5 Å². The normalized spacial score (nSPS) is 10.6. The molecule has 2 amide bonds. The molecule has 0 saturated heterocycles. The van der Waals surface area contributed by atoms with Crippen molar-refractivity contribution in [3.63, 3.8) is 0 Å².